The summed E-state index contributed by atoms with van der Waals surface area (Å²) in [6, 6.07) is 11.6. The Morgan fingerprint density at radius 1 is 1.19 bits per heavy atom. The third-order valence-corrected chi connectivity index (χ3v) is 6.96. The number of rotatable bonds is 5. The Hall–Kier alpha value is -3.24. The summed E-state index contributed by atoms with van der Waals surface area (Å²) in [5.74, 6) is -1.27. The summed E-state index contributed by atoms with van der Waals surface area (Å²) in [5, 5.41) is 7.21. The highest BCUT2D eigenvalue weighted by atomic mass is 32.2. The number of hydrogen-bond donors (Lipinski definition) is 1. The summed E-state index contributed by atoms with van der Waals surface area (Å²) in [5.41, 5.74) is 1.64. The normalized spacial score (nSPS) is 16.5. The van der Waals surface area contributed by atoms with E-state index < -0.39 is 27.7 Å². The maximum absolute atomic E-state index is 13.3. The van der Waals surface area contributed by atoms with Gasteiger partial charge in [0.15, 0.2) is 0 Å². The number of benzene rings is 2. The first-order valence-electron chi connectivity index (χ1n) is 9.51. The van der Waals surface area contributed by atoms with Crippen molar-refractivity contribution in [2.45, 2.75) is 17.4 Å². The maximum Gasteiger partial charge on any atom is 0.243 e. The highest BCUT2D eigenvalue weighted by Gasteiger charge is 2.38. The van der Waals surface area contributed by atoms with Crippen LogP contribution < -0.4 is 10.1 Å². The van der Waals surface area contributed by atoms with Crippen molar-refractivity contribution in [3.05, 3.63) is 71.8 Å². The number of methoxy groups -OCH3 is 1. The van der Waals surface area contributed by atoms with E-state index in [0.717, 1.165) is 12.1 Å². The molecule has 0 aliphatic carbocycles. The van der Waals surface area contributed by atoms with Gasteiger partial charge in [-0.05, 0) is 36.4 Å². The summed E-state index contributed by atoms with van der Waals surface area (Å²) < 4.78 is 47.7. The average Bonchev–Trinajstić information content (AvgIpc) is 3.13. The van der Waals surface area contributed by atoms with Crippen LogP contribution in [0.2, 0.25) is 0 Å². The van der Waals surface area contributed by atoms with Gasteiger partial charge in [-0.1, -0.05) is 12.1 Å². The van der Waals surface area contributed by atoms with Gasteiger partial charge >= 0.3 is 0 Å². The van der Waals surface area contributed by atoms with Gasteiger partial charge in [-0.3, -0.25) is 9.48 Å². The lowest BCUT2D eigenvalue weighted by Gasteiger charge is -2.30. The van der Waals surface area contributed by atoms with Crippen LogP contribution in [-0.2, 0) is 28.4 Å². The monoisotopic (exact) mass is 444 g/mol. The van der Waals surface area contributed by atoms with Crippen LogP contribution in [0.4, 0.5) is 10.1 Å². The van der Waals surface area contributed by atoms with Gasteiger partial charge in [0.2, 0.25) is 15.9 Å². The lowest BCUT2D eigenvalue weighted by Crippen LogP contribution is -2.41. The van der Waals surface area contributed by atoms with Crippen molar-refractivity contribution >= 4 is 21.6 Å². The van der Waals surface area contributed by atoms with Gasteiger partial charge < -0.3 is 10.1 Å². The van der Waals surface area contributed by atoms with Crippen LogP contribution in [0.3, 0.4) is 0 Å². The number of nitrogens with zero attached hydrogens (tertiary/aromatic N) is 3. The molecule has 1 atom stereocenters. The predicted molar refractivity (Wildman–Crippen MR) is 112 cm³/mol. The molecule has 2 aromatic carbocycles. The number of carbonyl (C=O) groups excluding carboxylic acids is 1. The molecule has 1 aromatic heterocycles. The third-order valence-electron chi connectivity index (χ3n) is 5.13. The number of amides is 1. The molecule has 0 saturated carbocycles. The largest absolute Gasteiger partial charge is 0.495 e. The van der Waals surface area contributed by atoms with E-state index in [1.165, 1.54) is 23.5 Å². The van der Waals surface area contributed by atoms with E-state index >= 15 is 0 Å². The van der Waals surface area contributed by atoms with Gasteiger partial charge in [0.1, 0.15) is 11.6 Å². The molecule has 0 radical (unpaired) electrons. The predicted octanol–water partition coefficient (Wildman–Crippen LogP) is 2.49. The number of halogens is 1. The Kier molecular flexibility index (Phi) is 5.50. The summed E-state index contributed by atoms with van der Waals surface area (Å²) in [6.45, 7) is -0.0218. The van der Waals surface area contributed by atoms with Crippen molar-refractivity contribution in [2.75, 3.05) is 19.0 Å². The van der Waals surface area contributed by atoms with Gasteiger partial charge in [0, 0.05) is 31.9 Å². The zero-order chi connectivity index (χ0) is 22.2. The molecule has 8 nitrogen and oxygen atoms in total. The second kappa shape index (κ2) is 8.12. The van der Waals surface area contributed by atoms with Crippen LogP contribution in [0.5, 0.6) is 5.75 Å². The molecular formula is C21H21FN4O4S. The molecule has 0 fully saturated rings. The molecule has 2 heterocycles. The van der Waals surface area contributed by atoms with E-state index in [9.17, 15) is 17.6 Å². The number of aryl methyl sites for hydroxylation is 1. The Bertz CT molecular complexity index is 1220. The number of fused-ring (bicyclic) bond motifs is 1. The van der Waals surface area contributed by atoms with Gasteiger partial charge in [-0.15, -0.1) is 0 Å². The van der Waals surface area contributed by atoms with Crippen LogP contribution in [0.25, 0.3) is 0 Å². The molecule has 1 amide bonds. The molecule has 1 aliphatic rings. The summed E-state index contributed by atoms with van der Waals surface area (Å²) >= 11 is 0. The van der Waals surface area contributed by atoms with E-state index in [4.69, 9.17) is 4.74 Å². The Morgan fingerprint density at radius 2 is 1.90 bits per heavy atom. The molecule has 162 valence electrons. The minimum absolute atomic E-state index is 0.0369. The van der Waals surface area contributed by atoms with Gasteiger partial charge in [-0.25, -0.2) is 12.8 Å². The Labute approximate surface area is 179 Å². The van der Waals surface area contributed by atoms with Crippen molar-refractivity contribution in [3.63, 3.8) is 0 Å². The van der Waals surface area contributed by atoms with Crippen molar-refractivity contribution in [1.82, 2.24) is 14.1 Å². The Balaban J connectivity index is 1.67. The van der Waals surface area contributed by atoms with E-state index in [-0.39, 0.29) is 18.0 Å². The van der Waals surface area contributed by atoms with Gasteiger partial charge in [-0.2, -0.15) is 9.40 Å². The van der Waals surface area contributed by atoms with Crippen LogP contribution in [0.15, 0.2) is 59.6 Å². The number of para-hydroxylation sites is 2. The number of nitrogens with one attached hydrogen (secondary N) is 1. The smallest absolute Gasteiger partial charge is 0.243 e. The molecular weight excluding hydrogens is 423 g/mol. The molecule has 10 heteroatoms. The van der Waals surface area contributed by atoms with Crippen molar-refractivity contribution in [2.24, 2.45) is 7.05 Å². The number of sulfonamides is 1. The van der Waals surface area contributed by atoms with E-state index in [1.807, 2.05) is 0 Å². The summed E-state index contributed by atoms with van der Waals surface area (Å²) in [6.07, 6.45) is 1.70. The first-order valence-corrected chi connectivity index (χ1v) is 11.0. The lowest BCUT2D eigenvalue weighted by atomic mass is 9.97. The quantitative estimate of drug-likeness (QED) is 0.653. The second-order valence-electron chi connectivity index (χ2n) is 7.21. The SMILES string of the molecule is COc1ccccc1NC(=O)C1CN(S(=O)(=O)c2ccc(F)cc2)Cc2cn(C)nc21. The fourth-order valence-corrected chi connectivity index (χ4v) is 5.06. The highest BCUT2D eigenvalue weighted by molar-refractivity contribution is 7.89. The first-order chi connectivity index (χ1) is 14.8. The van der Waals surface area contributed by atoms with E-state index in [2.05, 4.69) is 10.4 Å². The van der Waals surface area contributed by atoms with Crippen LogP contribution >= 0.6 is 0 Å². The molecule has 0 saturated heterocycles. The number of anilines is 1. The maximum atomic E-state index is 13.3. The molecule has 3 aromatic rings. The average molecular weight is 444 g/mol. The first kappa shape index (κ1) is 21.0. The molecule has 4 rings (SSSR count). The van der Waals surface area contributed by atoms with E-state index in [1.54, 1.807) is 42.2 Å². The second-order valence-corrected chi connectivity index (χ2v) is 9.14. The minimum atomic E-state index is -3.94. The number of ether oxygens (including phenoxy) is 1. The molecule has 1 aliphatic heterocycles. The van der Waals surface area contributed by atoms with Crippen molar-refractivity contribution in [3.8, 4) is 5.75 Å². The van der Waals surface area contributed by atoms with Gasteiger partial charge in [0.05, 0.1) is 29.3 Å². The zero-order valence-electron chi connectivity index (χ0n) is 16.9. The van der Waals surface area contributed by atoms with Crippen LogP contribution in [0.1, 0.15) is 17.2 Å². The summed E-state index contributed by atoms with van der Waals surface area (Å²) in [7, 11) is -0.725. The van der Waals surface area contributed by atoms with Crippen molar-refractivity contribution < 1.29 is 22.3 Å². The fraction of sp³-hybridized carbons (Fsp3) is 0.238. The molecule has 1 N–H and O–H groups in total. The minimum Gasteiger partial charge on any atom is -0.495 e. The molecule has 31 heavy (non-hydrogen) atoms. The zero-order valence-corrected chi connectivity index (χ0v) is 17.8. The topological polar surface area (TPSA) is 93.5 Å². The van der Waals surface area contributed by atoms with Crippen LogP contribution in [0, 0.1) is 5.82 Å². The fourth-order valence-electron chi connectivity index (χ4n) is 3.63. The molecule has 1 unspecified atom stereocenters. The number of hydrogen-bond acceptors (Lipinski definition) is 5. The Morgan fingerprint density at radius 3 is 2.61 bits per heavy atom. The molecule has 0 spiro atoms. The van der Waals surface area contributed by atoms with Crippen molar-refractivity contribution in [1.29, 1.82) is 0 Å². The summed E-state index contributed by atoms with van der Waals surface area (Å²) in [4.78, 5) is 13.1. The standard InChI is InChI=1S/C21H21FN4O4S/c1-25-11-14-12-26(31(28,29)16-9-7-15(22)8-10-16)13-17(20(14)24-25)21(27)23-18-5-3-4-6-19(18)30-2/h3-11,17H,12-13H2,1-2H3,(H,23,27). The van der Waals surface area contributed by atoms with E-state index in [0.29, 0.717) is 22.7 Å². The molecule has 0 bridgehead atoms. The van der Waals surface area contributed by atoms with Crippen LogP contribution in [-0.4, -0.2) is 42.1 Å². The number of aromatic nitrogens is 2. The lowest BCUT2D eigenvalue weighted by molar-refractivity contribution is -0.118. The van der Waals surface area contributed by atoms with Gasteiger partial charge in [0.25, 0.3) is 0 Å². The highest BCUT2D eigenvalue weighted by Crippen LogP contribution is 2.33. The third kappa shape index (κ3) is 4.04. The number of carbonyl (C=O) groups is 1.